The third-order valence-corrected chi connectivity index (χ3v) is 3.77. The Hall–Kier alpha value is -1.64. The van der Waals surface area contributed by atoms with Gasteiger partial charge in [-0.25, -0.2) is 0 Å². The van der Waals surface area contributed by atoms with Crippen molar-refractivity contribution in [2.24, 2.45) is 0 Å². The molecule has 0 aliphatic heterocycles. The van der Waals surface area contributed by atoms with Gasteiger partial charge in [0.1, 0.15) is 5.78 Å². The molecule has 3 nitrogen and oxygen atoms in total. The Morgan fingerprint density at radius 1 is 1.11 bits per heavy atom. The summed E-state index contributed by atoms with van der Waals surface area (Å²) in [4.78, 5) is 22.4. The second-order valence-corrected chi connectivity index (χ2v) is 5.41. The van der Waals surface area contributed by atoms with Crippen molar-refractivity contribution in [3.8, 4) is 0 Å². The van der Waals surface area contributed by atoms with Crippen LogP contribution in [0.25, 0.3) is 0 Å². The maximum absolute atomic E-state index is 11.5. The van der Waals surface area contributed by atoms with Crippen molar-refractivity contribution in [2.75, 3.05) is 0 Å². The second kappa shape index (κ2) is 6.50. The van der Waals surface area contributed by atoms with Gasteiger partial charge in [-0.2, -0.15) is 0 Å². The summed E-state index contributed by atoms with van der Waals surface area (Å²) >= 11 is 0. The first-order valence-electron chi connectivity index (χ1n) is 6.99. The lowest BCUT2D eigenvalue weighted by Crippen LogP contribution is -2.37. The van der Waals surface area contributed by atoms with Crippen LogP contribution in [-0.4, -0.2) is 17.7 Å². The summed E-state index contributed by atoms with van der Waals surface area (Å²) in [6.07, 6.45) is 4.23. The molecule has 0 radical (unpaired) electrons. The summed E-state index contributed by atoms with van der Waals surface area (Å²) < 4.78 is 0. The molecule has 1 aromatic carbocycles. The number of nitrogens with one attached hydrogen (secondary N) is 1. The summed E-state index contributed by atoms with van der Waals surface area (Å²) in [5.41, 5.74) is 1.40. The fourth-order valence-corrected chi connectivity index (χ4v) is 2.80. The van der Waals surface area contributed by atoms with Gasteiger partial charge in [-0.1, -0.05) is 30.3 Å². The first kappa shape index (κ1) is 13.8. The molecule has 1 aliphatic carbocycles. The van der Waals surface area contributed by atoms with E-state index in [1.807, 2.05) is 6.07 Å². The molecule has 1 fully saturated rings. The molecule has 102 valence electrons. The Bertz CT molecular complexity index is 433. The molecule has 1 aromatic rings. The van der Waals surface area contributed by atoms with Gasteiger partial charge in [0.2, 0.25) is 5.91 Å². The fraction of sp³-hybridized carbons (Fsp3) is 0.500. The monoisotopic (exact) mass is 259 g/mol. The Labute approximate surface area is 114 Å². The van der Waals surface area contributed by atoms with E-state index in [9.17, 15) is 9.59 Å². The highest BCUT2D eigenvalue weighted by atomic mass is 16.2. The van der Waals surface area contributed by atoms with Crippen LogP contribution in [0.3, 0.4) is 0 Å². The van der Waals surface area contributed by atoms with Crippen LogP contribution in [0, 0.1) is 0 Å². The Morgan fingerprint density at radius 3 is 2.32 bits per heavy atom. The number of amides is 1. The molecule has 0 bridgehead atoms. The third kappa shape index (κ3) is 4.19. The molecule has 3 heteroatoms. The van der Waals surface area contributed by atoms with E-state index in [4.69, 9.17) is 0 Å². The summed E-state index contributed by atoms with van der Waals surface area (Å²) in [7, 11) is 0. The van der Waals surface area contributed by atoms with Crippen LogP contribution in [0.2, 0.25) is 0 Å². The van der Waals surface area contributed by atoms with Gasteiger partial charge < -0.3 is 5.32 Å². The number of rotatable bonds is 4. The zero-order valence-electron chi connectivity index (χ0n) is 11.4. The second-order valence-electron chi connectivity index (χ2n) is 5.41. The average molecular weight is 259 g/mol. The van der Waals surface area contributed by atoms with Gasteiger partial charge >= 0.3 is 0 Å². The molecule has 19 heavy (non-hydrogen) atoms. The van der Waals surface area contributed by atoms with Crippen molar-refractivity contribution in [1.29, 1.82) is 0 Å². The summed E-state index contributed by atoms with van der Waals surface area (Å²) in [6.45, 7) is 1.45. The molecule has 0 unspecified atom stereocenters. The largest absolute Gasteiger partial charge is 0.353 e. The lowest BCUT2D eigenvalue weighted by Gasteiger charge is -2.29. The van der Waals surface area contributed by atoms with Gasteiger partial charge in [-0.15, -0.1) is 0 Å². The SMILES string of the molecule is CC(=O)CC(=O)NC1CCC(c2ccccc2)CC1. The maximum atomic E-state index is 11.5. The number of carbonyl (C=O) groups is 2. The number of carbonyl (C=O) groups excluding carboxylic acids is 2. The minimum atomic E-state index is -0.129. The first-order chi connectivity index (χ1) is 9.15. The molecule has 0 atom stereocenters. The van der Waals surface area contributed by atoms with E-state index in [1.165, 1.54) is 12.5 Å². The van der Waals surface area contributed by atoms with Crippen LogP contribution in [0.1, 0.15) is 50.5 Å². The zero-order chi connectivity index (χ0) is 13.7. The van der Waals surface area contributed by atoms with Crippen molar-refractivity contribution < 1.29 is 9.59 Å². The van der Waals surface area contributed by atoms with Gasteiger partial charge in [-0.05, 0) is 44.1 Å². The smallest absolute Gasteiger partial charge is 0.227 e. The van der Waals surface area contributed by atoms with Crippen LogP contribution in [0.5, 0.6) is 0 Å². The zero-order valence-corrected chi connectivity index (χ0v) is 11.4. The predicted octanol–water partition coefficient (Wildman–Crippen LogP) is 2.81. The molecule has 0 spiro atoms. The van der Waals surface area contributed by atoms with Gasteiger partial charge in [-0.3, -0.25) is 9.59 Å². The minimum absolute atomic E-state index is 0.0125. The van der Waals surface area contributed by atoms with E-state index < -0.39 is 0 Å². The third-order valence-electron chi connectivity index (χ3n) is 3.77. The van der Waals surface area contributed by atoms with Gasteiger partial charge in [0, 0.05) is 6.04 Å². The summed E-state index contributed by atoms with van der Waals surface area (Å²) in [6, 6.07) is 10.8. The van der Waals surface area contributed by atoms with Crippen molar-refractivity contribution in [2.45, 2.75) is 51.0 Å². The number of Topliss-reactive ketones (excluding diaryl/α,β-unsaturated/α-hetero) is 1. The summed E-state index contributed by atoms with van der Waals surface area (Å²) in [5, 5.41) is 2.96. The highest BCUT2D eigenvalue weighted by Crippen LogP contribution is 2.32. The van der Waals surface area contributed by atoms with E-state index in [2.05, 4.69) is 29.6 Å². The molecular weight excluding hydrogens is 238 g/mol. The molecule has 0 saturated heterocycles. The fourth-order valence-electron chi connectivity index (χ4n) is 2.80. The van der Waals surface area contributed by atoms with Crippen LogP contribution in [0.4, 0.5) is 0 Å². The molecule has 1 aliphatic rings. The average Bonchev–Trinajstić information content (AvgIpc) is 2.39. The molecule has 1 amide bonds. The highest BCUT2D eigenvalue weighted by molar-refractivity contribution is 5.96. The van der Waals surface area contributed by atoms with Crippen molar-refractivity contribution in [3.63, 3.8) is 0 Å². The van der Waals surface area contributed by atoms with Crippen molar-refractivity contribution in [3.05, 3.63) is 35.9 Å². The van der Waals surface area contributed by atoms with E-state index in [0.29, 0.717) is 5.92 Å². The van der Waals surface area contributed by atoms with Gasteiger partial charge in [0.05, 0.1) is 6.42 Å². The van der Waals surface area contributed by atoms with Gasteiger partial charge in [0.15, 0.2) is 0 Å². The predicted molar refractivity (Wildman–Crippen MR) is 74.9 cm³/mol. The summed E-state index contributed by atoms with van der Waals surface area (Å²) in [5.74, 6) is 0.410. The van der Waals surface area contributed by atoms with Crippen molar-refractivity contribution in [1.82, 2.24) is 5.32 Å². The van der Waals surface area contributed by atoms with Crippen molar-refractivity contribution >= 4 is 11.7 Å². The van der Waals surface area contributed by atoms with Gasteiger partial charge in [0.25, 0.3) is 0 Å². The van der Waals surface area contributed by atoms with Crippen LogP contribution < -0.4 is 5.32 Å². The first-order valence-corrected chi connectivity index (χ1v) is 6.99. The Morgan fingerprint density at radius 2 is 1.74 bits per heavy atom. The lowest BCUT2D eigenvalue weighted by atomic mass is 9.82. The quantitative estimate of drug-likeness (QED) is 0.845. The lowest BCUT2D eigenvalue weighted by molar-refractivity contribution is -0.127. The Balaban J connectivity index is 1.80. The topological polar surface area (TPSA) is 46.2 Å². The van der Waals surface area contributed by atoms with E-state index in [1.54, 1.807) is 0 Å². The maximum Gasteiger partial charge on any atom is 0.227 e. The number of ketones is 1. The molecular formula is C16H21NO2. The number of hydrogen-bond donors (Lipinski definition) is 1. The van der Waals surface area contributed by atoms with E-state index in [-0.39, 0.29) is 24.2 Å². The van der Waals surface area contributed by atoms with E-state index >= 15 is 0 Å². The van der Waals surface area contributed by atoms with E-state index in [0.717, 1.165) is 25.7 Å². The molecule has 1 saturated carbocycles. The standard InChI is InChI=1S/C16H21NO2/c1-12(18)11-16(19)17-15-9-7-14(8-10-15)13-5-3-2-4-6-13/h2-6,14-15H,7-11H2,1H3,(H,17,19). The number of benzene rings is 1. The van der Waals surface area contributed by atoms with Crippen LogP contribution >= 0.6 is 0 Å². The Kier molecular flexibility index (Phi) is 4.72. The normalized spacial score (nSPS) is 22.8. The van der Waals surface area contributed by atoms with Crippen LogP contribution in [-0.2, 0) is 9.59 Å². The number of hydrogen-bond acceptors (Lipinski definition) is 2. The highest BCUT2D eigenvalue weighted by Gasteiger charge is 2.23. The molecule has 2 rings (SSSR count). The molecule has 0 heterocycles. The minimum Gasteiger partial charge on any atom is -0.353 e. The molecule has 0 aromatic heterocycles. The molecule has 1 N–H and O–H groups in total. The van der Waals surface area contributed by atoms with Crippen LogP contribution in [0.15, 0.2) is 30.3 Å².